The number of carbonyl (C=O) groups excluding carboxylic acids is 1. The van der Waals surface area contributed by atoms with Gasteiger partial charge < -0.3 is 10.1 Å². The molecule has 4 nitrogen and oxygen atoms in total. The normalized spacial score (nSPS) is 10.8. The van der Waals surface area contributed by atoms with Crippen molar-refractivity contribution in [2.75, 3.05) is 12.4 Å². The molecule has 0 saturated carbocycles. The minimum atomic E-state index is -0.657. The molecule has 0 atom stereocenters. The van der Waals surface area contributed by atoms with Crippen molar-refractivity contribution in [3.63, 3.8) is 0 Å². The van der Waals surface area contributed by atoms with Crippen LogP contribution in [-0.4, -0.2) is 13.1 Å². The Morgan fingerprint density at radius 1 is 1.26 bits per heavy atom. The zero-order chi connectivity index (χ0) is 13.7. The van der Waals surface area contributed by atoms with Gasteiger partial charge in [-0.05, 0) is 11.5 Å². The van der Waals surface area contributed by atoms with Gasteiger partial charge in [0, 0.05) is 17.3 Å². The van der Waals surface area contributed by atoms with E-state index in [9.17, 15) is 4.79 Å². The van der Waals surface area contributed by atoms with Gasteiger partial charge in [-0.15, -0.1) is 0 Å². The second-order valence-electron chi connectivity index (χ2n) is 3.83. The number of esters is 1. The van der Waals surface area contributed by atoms with Crippen LogP contribution in [-0.2, 0) is 9.53 Å². The lowest BCUT2D eigenvalue weighted by Gasteiger charge is -2.06. The second kappa shape index (κ2) is 5.69. The number of nitrogens with zero attached hydrogens (tertiary/aromatic N) is 1. The zero-order valence-corrected chi connectivity index (χ0v) is 10.4. The van der Waals surface area contributed by atoms with Gasteiger partial charge in [-0.3, -0.25) is 0 Å². The molecule has 0 fully saturated rings. The predicted molar refractivity (Wildman–Crippen MR) is 73.3 cm³/mol. The Morgan fingerprint density at radius 3 is 2.74 bits per heavy atom. The molecule has 0 aliphatic heterocycles. The van der Waals surface area contributed by atoms with Crippen LogP contribution in [0, 0.1) is 11.3 Å². The SMILES string of the molecule is COC(=O)/C(C#N)=C/Nc1cccc2ccccc12. The molecule has 0 unspecified atom stereocenters. The van der Waals surface area contributed by atoms with Crippen molar-refractivity contribution in [3.05, 3.63) is 54.2 Å². The monoisotopic (exact) mass is 252 g/mol. The Morgan fingerprint density at radius 2 is 2.00 bits per heavy atom. The lowest BCUT2D eigenvalue weighted by atomic mass is 10.1. The second-order valence-corrected chi connectivity index (χ2v) is 3.83. The van der Waals surface area contributed by atoms with Gasteiger partial charge in [0.15, 0.2) is 5.57 Å². The molecule has 0 saturated heterocycles. The highest BCUT2D eigenvalue weighted by atomic mass is 16.5. The average Bonchev–Trinajstić information content (AvgIpc) is 2.47. The molecule has 94 valence electrons. The third kappa shape index (κ3) is 2.72. The van der Waals surface area contributed by atoms with E-state index in [-0.39, 0.29) is 5.57 Å². The first-order chi connectivity index (χ1) is 9.26. The van der Waals surface area contributed by atoms with Crippen molar-refractivity contribution in [1.29, 1.82) is 5.26 Å². The maximum atomic E-state index is 11.3. The number of ether oxygens (including phenoxy) is 1. The standard InChI is InChI=1S/C15H12N2O2/c1-19-15(18)12(9-16)10-17-14-8-4-6-11-5-2-3-7-13(11)14/h2-8,10,17H,1H3/b12-10+. The van der Waals surface area contributed by atoms with E-state index in [1.54, 1.807) is 6.07 Å². The summed E-state index contributed by atoms with van der Waals surface area (Å²) in [6.45, 7) is 0. The summed E-state index contributed by atoms with van der Waals surface area (Å²) in [6.07, 6.45) is 1.35. The number of methoxy groups -OCH3 is 1. The highest BCUT2D eigenvalue weighted by molar-refractivity contribution is 5.96. The van der Waals surface area contributed by atoms with Crippen LogP contribution >= 0.6 is 0 Å². The van der Waals surface area contributed by atoms with Crippen LogP contribution in [0.4, 0.5) is 5.69 Å². The highest BCUT2D eigenvalue weighted by Gasteiger charge is 2.08. The molecule has 0 amide bonds. The van der Waals surface area contributed by atoms with Crippen LogP contribution in [0.25, 0.3) is 10.8 Å². The van der Waals surface area contributed by atoms with Crippen molar-refractivity contribution in [1.82, 2.24) is 0 Å². The van der Waals surface area contributed by atoms with Gasteiger partial charge in [-0.2, -0.15) is 5.26 Å². The van der Waals surface area contributed by atoms with Crippen molar-refractivity contribution < 1.29 is 9.53 Å². The average molecular weight is 252 g/mol. The van der Waals surface area contributed by atoms with E-state index in [4.69, 9.17) is 5.26 Å². The maximum Gasteiger partial charge on any atom is 0.350 e. The fourth-order valence-corrected chi connectivity index (χ4v) is 1.75. The molecule has 0 aromatic heterocycles. The predicted octanol–water partition coefficient (Wildman–Crippen LogP) is 2.83. The summed E-state index contributed by atoms with van der Waals surface area (Å²) in [7, 11) is 1.24. The Balaban J connectivity index is 2.34. The van der Waals surface area contributed by atoms with E-state index < -0.39 is 5.97 Å². The number of benzene rings is 2. The molecule has 0 heterocycles. The molecule has 1 N–H and O–H groups in total. The van der Waals surface area contributed by atoms with Crippen LogP contribution in [0.2, 0.25) is 0 Å². The third-order valence-corrected chi connectivity index (χ3v) is 2.69. The van der Waals surface area contributed by atoms with Crippen LogP contribution in [0.15, 0.2) is 54.2 Å². The summed E-state index contributed by atoms with van der Waals surface area (Å²) in [6, 6.07) is 15.4. The number of fused-ring (bicyclic) bond motifs is 1. The van der Waals surface area contributed by atoms with Crippen molar-refractivity contribution in [2.24, 2.45) is 0 Å². The number of hydrogen-bond acceptors (Lipinski definition) is 4. The molecule has 4 heteroatoms. The number of nitriles is 1. The Bertz CT molecular complexity index is 679. The summed E-state index contributed by atoms with van der Waals surface area (Å²) < 4.78 is 4.51. The minimum absolute atomic E-state index is 0.0737. The molecular formula is C15H12N2O2. The van der Waals surface area contributed by atoms with Gasteiger partial charge in [-0.1, -0.05) is 36.4 Å². The van der Waals surface area contributed by atoms with E-state index in [1.165, 1.54) is 13.3 Å². The summed E-state index contributed by atoms with van der Waals surface area (Å²) in [5, 5.41) is 13.9. The summed E-state index contributed by atoms with van der Waals surface area (Å²) in [5.74, 6) is -0.657. The van der Waals surface area contributed by atoms with Gasteiger partial charge in [0.25, 0.3) is 0 Å². The van der Waals surface area contributed by atoms with Crippen molar-refractivity contribution in [2.45, 2.75) is 0 Å². The lowest BCUT2D eigenvalue weighted by molar-refractivity contribution is -0.135. The van der Waals surface area contributed by atoms with E-state index >= 15 is 0 Å². The highest BCUT2D eigenvalue weighted by Crippen LogP contribution is 2.23. The maximum absolute atomic E-state index is 11.3. The topological polar surface area (TPSA) is 62.1 Å². The zero-order valence-electron chi connectivity index (χ0n) is 10.4. The molecular weight excluding hydrogens is 240 g/mol. The van der Waals surface area contributed by atoms with E-state index in [1.807, 2.05) is 42.5 Å². The number of rotatable bonds is 3. The third-order valence-electron chi connectivity index (χ3n) is 2.69. The molecule has 19 heavy (non-hydrogen) atoms. The fourth-order valence-electron chi connectivity index (χ4n) is 1.75. The fraction of sp³-hybridized carbons (Fsp3) is 0.0667. The minimum Gasteiger partial charge on any atom is -0.465 e. The van der Waals surface area contributed by atoms with E-state index in [2.05, 4.69) is 10.1 Å². The molecule has 0 aliphatic rings. The smallest absolute Gasteiger partial charge is 0.350 e. The van der Waals surface area contributed by atoms with Gasteiger partial charge >= 0.3 is 5.97 Å². The van der Waals surface area contributed by atoms with Crippen molar-refractivity contribution >= 4 is 22.4 Å². The Hall–Kier alpha value is -2.80. The number of nitrogens with one attached hydrogen (secondary N) is 1. The molecule has 2 rings (SSSR count). The van der Waals surface area contributed by atoms with Gasteiger partial charge in [0.1, 0.15) is 6.07 Å². The number of hydrogen-bond donors (Lipinski definition) is 1. The summed E-state index contributed by atoms with van der Waals surface area (Å²) in [5.41, 5.74) is 0.755. The molecule has 0 spiro atoms. The molecule has 0 bridgehead atoms. The number of carbonyl (C=O) groups is 1. The molecule has 0 aliphatic carbocycles. The van der Waals surface area contributed by atoms with Crippen LogP contribution in [0.5, 0.6) is 0 Å². The van der Waals surface area contributed by atoms with Crippen molar-refractivity contribution in [3.8, 4) is 6.07 Å². The Kier molecular flexibility index (Phi) is 3.79. The summed E-state index contributed by atoms with van der Waals surface area (Å²) >= 11 is 0. The van der Waals surface area contributed by atoms with Gasteiger partial charge in [-0.25, -0.2) is 4.79 Å². The number of anilines is 1. The largest absolute Gasteiger partial charge is 0.465 e. The van der Waals surface area contributed by atoms with Crippen LogP contribution in [0.1, 0.15) is 0 Å². The molecule has 0 radical (unpaired) electrons. The van der Waals surface area contributed by atoms with Gasteiger partial charge in [0.05, 0.1) is 7.11 Å². The quantitative estimate of drug-likeness (QED) is 0.518. The van der Waals surface area contributed by atoms with Gasteiger partial charge in [0.2, 0.25) is 0 Å². The first-order valence-electron chi connectivity index (χ1n) is 5.69. The molecule has 2 aromatic rings. The first kappa shape index (κ1) is 12.7. The van der Waals surface area contributed by atoms with E-state index in [0.29, 0.717) is 0 Å². The van der Waals surface area contributed by atoms with E-state index in [0.717, 1.165) is 16.5 Å². The molecule has 2 aromatic carbocycles. The summed E-state index contributed by atoms with van der Waals surface area (Å²) in [4.78, 5) is 11.3. The van der Waals surface area contributed by atoms with Crippen LogP contribution in [0.3, 0.4) is 0 Å². The lowest BCUT2D eigenvalue weighted by Crippen LogP contribution is -2.05. The van der Waals surface area contributed by atoms with Crippen LogP contribution < -0.4 is 5.32 Å². The Labute approximate surface area is 110 Å². The first-order valence-corrected chi connectivity index (χ1v) is 5.69.